The smallest absolute Gasteiger partial charge is 0.251 e. The molecule has 0 saturated carbocycles. The maximum Gasteiger partial charge on any atom is 0.251 e. The van der Waals surface area contributed by atoms with Crippen LogP contribution in [0.2, 0.25) is 0 Å². The van der Waals surface area contributed by atoms with E-state index in [1.165, 1.54) is 24.3 Å². The van der Waals surface area contributed by atoms with E-state index in [0.717, 1.165) is 19.5 Å². The second kappa shape index (κ2) is 8.99. The van der Waals surface area contributed by atoms with Crippen molar-refractivity contribution < 1.29 is 14.0 Å². The van der Waals surface area contributed by atoms with Crippen LogP contribution >= 0.6 is 12.4 Å². The van der Waals surface area contributed by atoms with E-state index in [2.05, 4.69) is 10.6 Å². The highest BCUT2D eigenvalue weighted by molar-refractivity contribution is 5.97. The van der Waals surface area contributed by atoms with E-state index in [9.17, 15) is 14.0 Å². The Morgan fingerprint density at radius 3 is 2.42 bits per heavy atom. The van der Waals surface area contributed by atoms with Gasteiger partial charge in [-0.05, 0) is 43.1 Å². The summed E-state index contributed by atoms with van der Waals surface area (Å²) in [4.78, 5) is 26.7. The molecule has 1 aliphatic heterocycles. The van der Waals surface area contributed by atoms with E-state index in [4.69, 9.17) is 0 Å². The number of benzene rings is 1. The molecule has 24 heavy (non-hydrogen) atoms. The number of rotatable bonds is 5. The van der Waals surface area contributed by atoms with Gasteiger partial charge in [0, 0.05) is 25.2 Å². The van der Waals surface area contributed by atoms with Crippen LogP contribution in [0.1, 0.15) is 30.6 Å². The predicted molar refractivity (Wildman–Crippen MR) is 93.8 cm³/mol. The molecule has 0 aromatic heterocycles. The van der Waals surface area contributed by atoms with E-state index in [0.29, 0.717) is 5.56 Å². The summed E-state index contributed by atoms with van der Waals surface area (Å²) in [6.07, 6.45) is 0.916. The summed E-state index contributed by atoms with van der Waals surface area (Å²) in [5.74, 6) is -0.894. The minimum absolute atomic E-state index is 0. The first-order valence-electron chi connectivity index (χ1n) is 7.94. The molecule has 0 aliphatic carbocycles. The molecule has 2 amide bonds. The molecular formula is C17H25ClFN3O2. The van der Waals surface area contributed by atoms with Crippen molar-refractivity contribution in [3.05, 3.63) is 35.6 Å². The summed E-state index contributed by atoms with van der Waals surface area (Å²) in [5, 5.41) is 6.01. The second-order valence-electron chi connectivity index (χ2n) is 6.30. The predicted octanol–water partition coefficient (Wildman–Crippen LogP) is 1.82. The van der Waals surface area contributed by atoms with E-state index in [-0.39, 0.29) is 36.2 Å². The zero-order chi connectivity index (χ0) is 17.0. The number of hydrogen-bond donors (Lipinski definition) is 2. The molecular weight excluding hydrogens is 333 g/mol. The lowest BCUT2D eigenvalue weighted by Crippen LogP contribution is -2.53. The van der Waals surface area contributed by atoms with Crippen molar-refractivity contribution in [1.29, 1.82) is 0 Å². The fourth-order valence-electron chi connectivity index (χ4n) is 2.71. The van der Waals surface area contributed by atoms with Crippen LogP contribution in [0.25, 0.3) is 0 Å². The zero-order valence-corrected chi connectivity index (χ0v) is 15.0. The van der Waals surface area contributed by atoms with E-state index in [1.54, 1.807) is 11.9 Å². The number of halogens is 2. The van der Waals surface area contributed by atoms with Gasteiger partial charge in [0.25, 0.3) is 5.91 Å². The number of carbonyl (C=O) groups is 2. The normalized spacial score (nSPS) is 18.0. The Morgan fingerprint density at radius 2 is 1.92 bits per heavy atom. The molecule has 1 heterocycles. The summed E-state index contributed by atoms with van der Waals surface area (Å²) in [5.41, 5.74) is 0.343. The Balaban J connectivity index is 0.00000288. The first kappa shape index (κ1) is 20.4. The Labute approximate surface area is 148 Å². The Kier molecular flexibility index (Phi) is 7.63. The van der Waals surface area contributed by atoms with E-state index >= 15 is 0 Å². The van der Waals surface area contributed by atoms with Crippen molar-refractivity contribution in [2.24, 2.45) is 5.92 Å². The Hall–Kier alpha value is -1.66. The fourth-order valence-corrected chi connectivity index (χ4v) is 2.71. The lowest BCUT2D eigenvalue weighted by atomic mass is 10.0. The van der Waals surface area contributed by atoms with Crippen molar-refractivity contribution >= 4 is 24.2 Å². The molecule has 1 aromatic carbocycles. The Morgan fingerprint density at radius 1 is 1.29 bits per heavy atom. The van der Waals surface area contributed by atoms with Crippen LogP contribution in [0.4, 0.5) is 4.39 Å². The molecule has 1 saturated heterocycles. The van der Waals surface area contributed by atoms with Crippen LogP contribution in [0.15, 0.2) is 24.3 Å². The summed E-state index contributed by atoms with van der Waals surface area (Å²) in [6.45, 7) is 5.47. The van der Waals surface area contributed by atoms with Gasteiger partial charge in [0.15, 0.2) is 0 Å². The van der Waals surface area contributed by atoms with Crippen LogP contribution in [-0.4, -0.2) is 48.9 Å². The summed E-state index contributed by atoms with van der Waals surface area (Å²) >= 11 is 0. The number of carbonyl (C=O) groups excluding carboxylic acids is 2. The lowest BCUT2D eigenvalue weighted by molar-refractivity contribution is -0.134. The maximum atomic E-state index is 12.9. The first-order chi connectivity index (χ1) is 10.9. The minimum atomic E-state index is -0.599. The number of amides is 2. The summed E-state index contributed by atoms with van der Waals surface area (Å²) in [7, 11) is 1.78. The van der Waals surface area contributed by atoms with Crippen molar-refractivity contribution in [3.63, 3.8) is 0 Å². The molecule has 0 radical (unpaired) electrons. The van der Waals surface area contributed by atoms with Gasteiger partial charge < -0.3 is 15.5 Å². The zero-order valence-electron chi connectivity index (χ0n) is 14.2. The molecule has 2 rings (SSSR count). The average molecular weight is 358 g/mol. The van der Waals surface area contributed by atoms with E-state index < -0.39 is 11.9 Å². The number of nitrogens with one attached hydrogen (secondary N) is 2. The van der Waals surface area contributed by atoms with Gasteiger partial charge in [-0.3, -0.25) is 9.59 Å². The highest BCUT2D eigenvalue weighted by atomic mass is 35.5. The number of hydrogen-bond acceptors (Lipinski definition) is 3. The molecule has 0 bridgehead atoms. The first-order valence-corrected chi connectivity index (χ1v) is 7.94. The molecule has 2 unspecified atom stereocenters. The van der Waals surface area contributed by atoms with Crippen LogP contribution < -0.4 is 10.6 Å². The topological polar surface area (TPSA) is 61.4 Å². The fraction of sp³-hybridized carbons (Fsp3) is 0.529. The van der Waals surface area contributed by atoms with Gasteiger partial charge in [0.1, 0.15) is 11.9 Å². The largest absolute Gasteiger partial charge is 0.340 e. The standard InChI is InChI=1S/C17H24FN3O2.ClH/c1-11(2)15(17(23)21(3)14-8-9-19-10-14)20-16(22)12-4-6-13(18)7-5-12;/h4-7,11,14-15,19H,8-10H2,1-3H3,(H,20,22);1H. The Bertz CT molecular complexity index is 559. The second-order valence-corrected chi connectivity index (χ2v) is 6.30. The third-order valence-electron chi connectivity index (χ3n) is 4.26. The number of nitrogens with zero attached hydrogens (tertiary/aromatic N) is 1. The minimum Gasteiger partial charge on any atom is -0.340 e. The molecule has 1 fully saturated rings. The molecule has 2 N–H and O–H groups in total. The van der Waals surface area contributed by atoms with Gasteiger partial charge in [0.2, 0.25) is 5.91 Å². The van der Waals surface area contributed by atoms with Gasteiger partial charge in [-0.2, -0.15) is 0 Å². The SMILES string of the molecule is CC(C)C(NC(=O)c1ccc(F)cc1)C(=O)N(C)C1CCNC1.Cl. The van der Waals surface area contributed by atoms with Crippen molar-refractivity contribution in [2.45, 2.75) is 32.4 Å². The summed E-state index contributed by atoms with van der Waals surface area (Å²) < 4.78 is 12.9. The third-order valence-corrected chi connectivity index (χ3v) is 4.26. The average Bonchev–Trinajstić information content (AvgIpc) is 3.05. The molecule has 0 spiro atoms. The quantitative estimate of drug-likeness (QED) is 0.845. The van der Waals surface area contributed by atoms with Crippen LogP contribution in [0, 0.1) is 11.7 Å². The monoisotopic (exact) mass is 357 g/mol. The van der Waals surface area contributed by atoms with Crippen LogP contribution in [0.5, 0.6) is 0 Å². The van der Waals surface area contributed by atoms with Crippen molar-refractivity contribution in [3.8, 4) is 0 Å². The molecule has 7 heteroatoms. The third kappa shape index (κ3) is 4.92. The molecule has 2 atom stereocenters. The summed E-state index contributed by atoms with van der Waals surface area (Å²) in [6, 6.07) is 4.85. The van der Waals surface area contributed by atoms with Crippen LogP contribution in [-0.2, 0) is 4.79 Å². The van der Waals surface area contributed by atoms with Gasteiger partial charge >= 0.3 is 0 Å². The lowest BCUT2D eigenvalue weighted by Gasteiger charge is -2.30. The molecule has 1 aliphatic rings. The van der Waals surface area contributed by atoms with Crippen molar-refractivity contribution in [1.82, 2.24) is 15.5 Å². The highest BCUT2D eigenvalue weighted by Crippen LogP contribution is 2.13. The number of likely N-dealkylation sites (N-methyl/N-ethyl adjacent to an activating group) is 1. The highest BCUT2D eigenvalue weighted by Gasteiger charge is 2.31. The maximum absolute atomic E-state index is 12.9. The molecule has 5 nitrogen and oxygen atoms in total. The van der Waals surface area contributed by atoms with Crippen LogP contribution in [0.3, 0.4) is 0 Å². The molecule has 134 valence electrons. The van der Waals surface area contributed by atoms with Gasteiger partial charge in [0.05, 0.1) is 0 Å². The van der Waals surface area contributed by atoms with Crippen molar-refractivity contribution in [2.75, 3.05) is 20.1 Å². The van der Waals surface area contributed by atoms with E-state index in [1.807, 2.05) is 13.8 Å². The van der Waals surface area contributed by atoms with Gasteiger partial charge in [-0.25, -0.2) is 4.39 Å². The van der Waals surface area contributed by atoms with Gasteiger partial charge in [-0.1, -0.05) is 13.8 Å². The van der Waals surface area contributed by atoms with Gasteiger partial charge in [-0.15, -0.1) is 12.4 Å². The molecule has 1 aromatic rings.